The molecule has 0 spiro atoms. The summed E-state index contributed by atoms with van der Waals surface area (Å²) in [7, 11) is -2.82. The first-order valence-corrected chi connectivity index (χ1v) is 23.4. The van der Waals surface area contributed by atoms with Crippen LogP contribution in [-0.4, -0.2) is 22.6 Å². The van der Waals surface area contributed by atoms with Crippen LogP contribution in [0.1, 0.15) is 0 Å². The molecule has 0 aliphatic heterocycles. The van der Waals surface area contributed by atoms with Crippen LogP contribution in [-0.2, 0) is 0 Å². The summed E-state index contributed by atoms with van der Waals surface area (Å²) in [5.41, 5.74) is 9.63. The number of hydrogen-bond donors (Lipinski definition) is 0. The highest BCUT2D eigenvalue weighted by atomic mass is 28.3. The normalized spacial score (nSPS) is 11.8. The van der Waals surface area contributed by atoms with Gasteiger partial charge in [0.25, 0.3) is 0 Å². The number of para-hydroxylation sites is 1. The highest BCUT2D eigenvalue weighted by Gasteiger charge is 2.41. The van der Waals surface area contributed by atoms with E-state index in [4.69, 9.17) is 14.4 Å². The molecule has 0 atom stereocenters. The van der Waals surface area contributed by atoms with Gasteiger partial charge in [-0.05, 0) is 57.1 Å². The molecular formula is C58H39N3OSi. The lowest BCUT2D eigenvalue weighted by Gasteiger charge is -2.34. The molecule has 0 amide bonds. The molecule has 296 valence electrons. The van der Waals surface area contributed by atoms with E-state index in [1.807, 2.05) is 18.2 Å². The summed E-state index contributed by atoms with van der Waals surface area (Å²) >= 11 is 0. The third-order valence-electron chi connectivity index (χ3n) is 12.6. The zero-order valence-corrected chi connectivity index (χ0v) is 35.3. The molecule has 9 aromatic carbocycles. The van der Waals surface area contributed by atoms with Gasteiger partial charge in [-0.25, -0.2) is 9.97 Å². The van der Waals surface area contributed by atoms with Crippen molar-refractivity contribution in [3.8, 4) is 39.6 Å². The predicted octanol–water partition coefficient (Wildman–Crippen LogP) is 11.9. The van der Waals surface area contributed by atoms with E-state index >= 15 is 0 Å². The largest absolute Gasteiger partial charge is 0.454 e. The second-order valence-electron chi connectivity index (χ2n) is 16.1. The van der Waals surface area contributed by atoms with E-state index in [1.165, 1.54) is 26.1 Å². The van der Waals surface area contributed by atoms with Gasteiger partial charge in [0.15, 0.2) is 19.5 Å². The van der Waals surface area contributed by atoms with Gasteiger partial charge in [0.1, 0.15) is 5.58 Å². The molecule has 12 rings (SSSR count). The van der Waals surface area contributed by atoms with Crippen LogP contribution in [0.2, 0.25) is 0 Å². The number of nitrogens with zero attached hydrogens (tertiary/aromatic N) is 3. The summed E-state index contributed by atoms with van der Waals surface area (Å²) in [6.07, 6.45) is 0. The Morgan fingerprint density at radius 3 is 1.49 bits per heavy atom. The van der Waals surface area contributed by atoms with E-state index in [9.17, 15) is 0 Å². The zero-order valence-electron chi connectivity index (χ0n) is 34.3. The Hall–Kier alpha value is -8.12. The van der Waals surface area contributed by atoms with E-state index in [2.05, 4.69) is 223 Å². The highest BCUT2D eigenvalue weighted by Crippen LogP contribution is 2.41. The van der Waals surface area contributed by atoms with Crippen molar-refractivity contribution in [2.24, 2.45) is 0 Å². The number of benzene rings is 9. The summed E-state index contributed by atoms with van der Waals surface area (Å²) in [6, 6.07) is 84.9. The molecule has 0 saturated carbocycles. The molecule has 0 N–H and O–H groups in total. The fourth-order valence-corrected chi connectivity index (χ4v) is 14.5. The van der Waals surface area contributed by atoms with Gasteiger partial charge in [-0.1, -0.05) is 200 Å². The van der Waals surface area contributed by atoms with Crippen LogP contribution in [0.5, 0.6) is 0 Å². The van der Waals surface area contributed by atoms with Gasteiger partial charge in [-0.15, -0.1) is 0 Å². The zero-order chi connectivity index (χ0) is 41.7. The van der Waals surface area contributed by atoms with Crippen LogP contribution in [0.15, 0.2) is 241 Å². The smallest absolute Gasteiger partial charge is 0.179 e. The molecule has 3 heterocycles. The van der Waals surface area contributed by atoms with E-state index in [-0.39, 0.29) is 0 Å². The topological polar surface area (TPSA) is 43.9 Å². The monoisotopic (exact) mass is 821 g/mol. The Kier molecular flexibility index (Phi) is 8.80. The van der Waals surface area contributed by atoms with E-state index < -0.39 is 8.07 Å². The molecule has 0 radical (unpaired) electrons. The summed E-state index contributed by atoms with van der Waals surface area (Å²) in [5.74, 6) is 0.665. The molecular weight excluding hydrogens is 783 g/mol. The van der Waals surface area contributed by atoms with Crippen molar-refractivity contribution >= 4 is 72.6 Å². The minimum Gasteiger partial charge on any atom is -0.454 e. The second kappa shape index (κ2) is 15.1. The molecule has 0 unspecified atom stereocenters. The first-order chi connectivity index (χ1) is 31.2. The predicted molar refractivity (Wildman–Crippen MR) is 264 cm³/mol. The van der Waals surface area contributed by atoms with Crippen LogP contribution in [0.25, 0.3) is 83.3 Å². The van der Waals surface area contributed by atoms with Crippen molar-refractivity contribution < 1.29 is 4.42 Å². The average Bonchev–Trinajstić information content (AvgIpc) is 3.92. The fourth-order valence-electron chi connectivity index (χ4n) is 9.72. The molecule has 5 heteroatoms. The van der Waals surface area contributed by atoms with Gasteiger partial charge in [0.05, 0.1) is 22.4 Å². The Morgan fingerprint density at radius 1 is 0.365 bits per heavy atom. The summed E-state index contributed by atoms with van der Waals surface area (Å²) in [6.45, 7) is 0. The maximum atomic E-state index is 6.87. The van der Waals surface area contributed by atoms with E-state index in [0.29, 0.717) is 5.82 Å². The number of aromatic nitrogens is 3. The Balaban J connectivity index is 1.14. The third-order valence-corrected chi connectivity index (χ3v) is 17.3. The number of hydrogen-bond acceptors (Lipinski definition) is 3. The molecule has 0 fully saturated rings. The van der Waals surface area contributed by atoms with Gasteiger partial charge in [-0.2, -0.15) is 0 Å². The molecule has 63 heavy (non-hydrogen) atoms. The van der Waals surface area contributed by atoms with Crippen molar-refractivity contribution in [1.82, 2.24) is 14.5 Å². The number of rotatable bonds is 8. The van der Waals surface area contributed by atoms with Crippen molar-refractivity contribution in [1.29, 1.82) is 0 Å². The van der Waals surface area contributed by atoms with E-state index in [1.54, 1.807) is 0 Å². The Labute approximate surface area is 366 Å². The van der Waals surface area contributed by atoms with Crippen molar-refractivity contribution in [2.75, 3.05) is 0 Å². The van der Waals surface area contributed by atoms with Crippen molar-refractivity contribution in [3.63, 3.8) is 0 Å². The molecule has 0 aliphatic carbocycles. The summed E-state index contributed by atoms with van der Waals surface area (Å²) in [4.78, 5) is 10.4. The molecule has 0 saturated heterocycles. The molecule has 12 aromatic rings. The van der Waals surface area contributed by atoms with Crippen LogP contribution < -0.4 is 20.7 Å². The fraction of sp³-hybridized carbons (Fsp3) is 0. The maximum Gasteiger partial charge on any atom is 0.179 e. The minimum atomic E-state index is -2.82. The lowest BCUT2D eigenvalue weighted by Crippen LogP contribution is -2.74. The summed E-state index contributed by atoms with van der Waals surface area (Å²) < 4.78 is 9.26. The first-order valence-electron chi connectivity index (χ1n) is 21.4. The summed E-state index contributed by atoms with van der Waals surface area (Å²) in [5, 5.41) is 9.82. The van der Waals surface area contributed by atoms with Gasteiger partial charge in [-0.3, -0.25) is 0 Å². The van der Waals surface area contributed by atoms with Crippen molar-refractivity contribution in [3.05, 3.63) is 237 Å². The van der Waals surface area contributed by atoms with Crippen LogP contribution in [0.3, 0.4) is 0 Å². The maximum absolute atomic E-state index is 6.87. The standard InChI is InChI=1S/C58H39N3OSi/c1-6-19-40(20-7-1)52-39-53(41-21-8-2-9-22-41)60-58(59-52)42-23-18-24-43(37-42)61-54-36-33-47(38-51(54)49-34-35-50-48-31-16-17-32-55(48)62-57(50)56(49)61)63(44-25-10-3-11-26-44,45-27-12-4-13-28-45)46-29-14-5-15-30-46/h1-39H. The molecule has 3 aromatic heterocycles. The SMILES string of the molecule is c1ccc(-c2cc(-c3ccccc3)nc(-c3cccc(-n4c5ccc([Si](c6ccccc6)(c6ccccc6)c6ccccc6)cc5c5ccc6c7ccccc7oc6c54)c3)n2)cc1. The van der Waals surface area contributed by atoms with Crippen LogP contribution in [0.4, 0.5) is 0 Å². The quantitative estimate of drug-likeness (QED) is 0.113. The minimum absolute atomic E-state index is 0.665. The average molecular weight is 822 g/mol. The molecule has 0 aliphatic rings. The van der Waals surface area contributed by atoms with Crippen LogP contribution in [0, 0.1) is 0 Å². The Morgan fingerprint density at radius 2 is 0.889 bits per heavy atom. The van der Waals surface area contributed by atoms with Crippen molar-refractivity contribution in [2.45, 2.75) is 0 Å². The van der Waals surface area contributed by atoms with Gasteiger partial charge in [0, 0.05) is 43.9 Å². The molecule has 0 bridgehead atoms. The Bertz CT molecular complexity index is 3450. The highest BCUT2D eigenvalue weighted by molar-refractivity contribution is 7.20. The van der Waals surface area contributed by atoms with Gasteiger partial charge < -0.3 is 8.98 Å². The lowest BCUT2D eigenvalue weighted by atomic mass is 10.1. The molecule has 4 nitrogen and oxygen atoms in total. The number of furan rings is 1. The first kappa shape index (κ1) is 36.7. The van der Waals surface area contributed by atoms with Gasteiger partial charge in [0.2, 0.25) is 0 Å². The number of fused-ring (bicyclic) bond motifs is 7. The van der Waals surface area contributed by atoms with E-state index in [0.717, 1.165) is 72.1 Å². The third kappa shape index (κ3) is 6.04. The van der Waals surface area contributed by atoms with Gasteiger partial charge >= 0.3 is 0 Å². The lowest BCUT2D eigenvalue weighted by molar-refractivity contribution is 0.671. The van der Waals surface area contributed by atoms with Crippen LogP contribution >= 0.6 is 0 Å². The second-order valence-corrected chi connectivity index (χ2v) is 19.9.